The summed E-state index contributed by atoms with van der Waals surface area (Å²) in [5.41, 5.74) is 0. The van der Waals surface area contributed by atoms with Crippen molar-refractivity contribution in [3.63, 3.8) is 0 Å². The first kappa shape index (κ1) is 14.3. The van der Waals surface area contributed by atoms with Crippen LogP contribution in [0, 0.1) is 0 Å². The summed E-state index contributed by atoms with van der Waals surface area (Å²) < 4.78 is 4.44. The number of esters is 1. The number of thioether (sulfide) groups is 1. The number of hydrogen-bond donors (Lipinski definition) is 2. The molecular formula is C11H19NO4S. The van der Waals surface area contributed by atoms with E-state index in [1.165, 1.54) is 11.8 Å². The molecule has 2 atom stereocenters. The summed E-state index contributed by atoms with van der Waals surface area (Å²) in [6.45, 7) is 7.64. The number of carbonyl (C=O) groups is 2. The second-order valence-corrected chi connectivity index (χ2v) is 6.99. The molecule has 0 saturated carbocycles. The molecule has 0 aromatic rings. The highest BCUT2D eigenvalue weighted by molar-refractivity contribution is 8.02. The van der Waals surface area contributed by atoms with Crippen molar-refractivity contribution in [1.82, 2.24) is 5.32 Å². The molecule has 2 N–H and O–H groups in total. The maximum Gasteiger partial charge on any atom is 0.322 e. The predicted octanol–water partition coefficient (Wildman–Crippen LogP) is 1.22. The van der Waals surface area contributed by atoms with Gasteiger partial charge in [0, 0.05) is 4.75 Å². The van der Waals surface area contributed by atoms with Crippen LogP contribution in [-0.4, -0.2) is 39.3 Å². The molecule has 17 heavy (non-hydrogen) atoms. The van der Waals surface area contributed by atoms with Crippen LogP contribution in [0.3, 0.4) is 0 Å². The van der Waals surface area contributed by atoms with E-state index < -0.39 is 21.6 Å². The highest BCUT2D eigenvalue weighted by Crippen LogP contribution is 2.46. The van der Waals surface area contributed by atoms with Crippen LogP contribution in [0.4, 0.5) is 0 Å². The number of hydrogen-bond acceptors (Lipinski definition) is 5. The van der Waals surface area contributed by atoms with Crippen LogP contribution in [0.2, 0.25) is 0 Å². The molecule has 0 bridgehead atoms. The highest BCUT2D eigenvalue weighted by atomic mass is 32.2. The normalized spacial score (nSPS) is 31.2. The van der Waals surface area contributed by atoms with Gasteiger partial charge in [0.05, 0.1) is 17.9 Å². The number of carboxylic acids is 1. The number of carbonyl (C=O) groups excluding carboxylic acids is 1. The van der Waals surface area contributed by atoms with Gasteiger partial charge in [0.2, 0.25) is 0 Å². The van der Waals surface area contributed by atoms with Crippen molar-refractivity contribution in [3.8, 4) is 0 Å². The maximum absolute atomic E-state index is 11.5. The molecule has 0 aromatic heterocycles. The van der Waals surface area contributed by atoms with Crippen LogP contribution in [0.15, 0.2) is 0 Å². The molecule has 1 aliphatic rings. The van der Waals surface area contributed by atoms with Crippen molar-refractivity contribution in [1.29, 1.82) is 0 Å². The fraction of sp³-hybridized carbons (Fsp3) is 0.818. The van der Waals surface area contributed by atoms with Crippen LogP contribution >= 0.6 is 11.8 Å². The Balaban J connectivity index is 2.74. The molecule has 1 aliphatic heterocycles. The van der Waals surface area contributed by atoms with E-state index in [1.54, 1.807) is 6.92 Å². The molecule has 0 aromatic carbocycles. The average molecular weight is 261 g/mol. The lowest BCUT2D eigenvalue weighted by Gasteiger charge is -2.24. The van der Waals surface area contributed by atoms with E-state index in [9.17, 15) is 9.59 Å². The van der Waals surface area contributed by atoms with E-state index in [0.29, 0.717) is 6.61 Å². The fourth-order valence-electron chi connectivity index (χ4n) is 2.08. The van der Waals surface area contributed by atoms with Gasteiger partial charge in [-0.1, -0.05) is 0 Å². The lowest BCUT2D eigenvalue weighted by atomic mass is 10.0. The Bertz CT molecular complexity index is 331. The van der Waals surface area contributed by atoms with E-state index in [2.05, 4.69) is 5.32 Å². The van der Waals surface area contributed by atoms with Crippen molar-refractivity contribution in [2.45, 2.75) is 49.8 Å². The molecule has 1 saturated heterocycles. The van der Waals surface area contributed by atoms with Crippen LogP contribution in [0.1, 0.15) is 34.1 Å². The Morgan fingerprint density at radius 3 is 2.41 bits per heavy atom. The van der Waals surface area contributed by atoms with E-state index in [-0.39, 0.29) is 12.4 Å². The minimum Gasteiger partial charge on any atom is -0.480 e. The van der Waals surface area contributed by atoms with Crippen molar-refractivity contribution < 1.29 is 19.4 Å². The van der Waals surface area contributed by atoms with Gasteiger partial charge in [0.25, 0.3) is 0 Å². The lowest BCUT2D eigenvalue weighted by molar-refractivity contribution is -0.145. The predicted molar refractivity (Wildman–Crippen MR) is 65.9 cm³/mol. The third kappa shape index (κ3) is 3.35. The summed E-state index contributed by atoms with van der Waals surface area (Å²) in [7, 11) is 0. The standard InChI is InChI=1S/C11H19NO4S/c1-5-16-7(13)6-11(4)12-8(9(14)15)10(2,3)17-11/h8,12H,5-6H2,1-4H3,(H,14,15)/t8-,11-/m0/s1. The number of nitrogens with one attached hydrogen (secondary N) is 1. The lowest BCUT2D eigenvalue weighted by Crippen LogP contribution is -2.48. The summed E-state index contributed by atoms with van der Waals surface area (Å²) in [4.78, 5) is 22.0. The van der Waals surface area contributed by atoms with Gasteiger partial charge in [-0.25, -0.2) is 0 Å². The Morgan fingerprint density at radius 2 is 2.00 bits per heavy atom. The van der Waals surface area contributed by atoms with E-state index in [4.69, 9.17) is 9.84 Å². The molecule has 0 spiro atoms. The summed E-state index contributed by atoms with van der Waals surface area (Å²) in [5, 5.41) is 12.1. The van der Waals surface area contributed by atoms with Crippen molar-refractivity contribution in [3.05, 3.63) is 0 Å². The average Bonchev–Trinajstić information content (AvgIpc) is 2.35. The minimum atomic E-state index is -0.893. The van der Waals surface area contributed by atoms with Crippen LogP contribution in [-0.2, 0) is 14.3 Å². The van der Waals surface area contributed by atoms with Gasteiger partial charge in [0.1, 0.15) is 6.04 Å². The first-order valence-corrected chi connectivity index (χ1v) is 6.38. The summed E-state index contributed by atoms with van der Waals surface area (Å²) >= 11 is 1.47. The van der Waals surface area contributed by atoms with Gasteiger partial charge in [0.15, 0.2) is 0 Å². The van der Waals surface area contributed by atoms with E-state index in [1.807, 2.05) is 20.8 Å². The maximum atomic E-state index is 11.5. The Labute approximate surface area is 105 Å². The molecule has 5 nitrogen and oxygen atoms in total. The zero-order valence-electron chi connectivity index (χ0n) is 10.6. The molecule has 98 valence electrons. The van der Waals surface area contributed by atoms with Crippen molar-refractivity contribution in [2.75, 3.05) is 6.61 Å². The van der Waals surface area contributed by atoms with Gasteiger partial charge < -0.3 is 9.84 Å². The second-order valence-electron chi connectivity index (χ2n) is 4.83. The molecule has 0 radical (unpaired) electrons. The SMILES string of the molecule is CCOC(=O)C[C@@]1(C)N[C@@H](C(=O)O)C(C)(C)S1. The Kier molecular flexibility index (Phi) is 4.09. The van der Waals surface area contributed by atoms with E-state index in [0.717, 1.165) is 0 Å². The Morgan fingerprint density at radius 1 is 1.41 bits per heavy atom. The summed E-state index contributed by atoms with van der Waals surface area (Å²) in [6.07, 6.45) is 0.165. The zero-order chi connectivity index (χ0) is 13.3. The molecule has 1 rings (SSSR count). The number of ether oxygens (including phenoxy) is 1. The van der Waals surface area contributed by atoms with Crippen LogP contribution in [0.5, 0.6) is 0 Å². The monoisotopic (exact) mass is 261 g/mol. The van der Waals surface area contributed by atoms with Gasteiger partial charge in [-0.15, -0.1) is 11.8 Å². The van der Waals surface area contributed by atoms with Gasteiger partial charge >= 0.3 is 11.9 Å². The highest BCUT2D eigenvalue weighted by Gasteiger charge is 2.51. The molecule has 1 heterocycles. The molecular weight excluding hydrogens is 242 g/mol. The van der Waals surface area contributed by atoms with Crippen LogP contribution in [0.25, 0.3) is 0 Å². The number of aliphatic carboxylic acids is 1. The van der Waals surface area contributed by atoms with E-state index >= 15 is 0 Å². The number of carboxylic acid groups (broad SMARTS) is 1. The molecule has 0 amide bonds. The van der Waals surface area contributed by atoms with Crippen molar-refractivity contribution >= 4 is 23.7 Å². The summed E-state index contributed by atoms with van der Waals surface area (Å²) in [5.74, 6) is -1.20. The first-order chi connectivity index (χ1) is 7.70. The van der Waals surface area contributed by atoms with Gasteiger partial charge in [-0.2, -0.15) is 0 Å². The first-order valence-electron chi connectivity index (χ1n) is 5.56. The van der Waals surface area contributed by atoms with Gasteiger partial charge in [-0.3, -0.25) is 14.9 Å². The Hall–Kier alpha value is -0.750. The topological polar surface area (TPSA) is 75.6 Å². The third-order valence-electron chi connectivity index (χ3n) is 2.67. The molecule has 6 heteroatoms. The summed E-state index contributed by atoms with van der Waals surface area (Å²) in [6, 6.07) is -0.660. The smallest absolute Gasteiger partial charge is 0.322 e. The number of rotatable bonds is 4. The quantitative estimate of drug-likeness (QED) is 0.741. The minimum absolute atomic E-state index is 0.165. The molecule has 0 aliphatic carbocycles. The van der Waals surface area contributed by atoms with Crippen molar-refractivity contribution in [2.24, 2.45) is 0 Å². The second kappa shape index (κ2) is 4.86. The third-order valence-corrected chi connectivity index (χ3v) is 4.14. The van der Waals surface area contributed by atoms with Gasteiger partial charge in [-0.05, 0) is 27.7 Å². The largest absolute Gasteiger partial charge is 0.480 e. The molecule has 1 fully saturated rings. The fourth-order valence-corrected chi connectivity index (χ4v) is 3.89. The van der Waals surface area contributed by atoms with Crippen LogP contribution < -0.4 is 5.32 Å². The zero-order valence-corrected chi connectivity index (χ0v) is 11.4. The molecule has 0 unspecified atom stereocenters.